The Morgan fingerprint density at radius 1 is 1.20 bits per heavy atom. The third kappa shape index (κ3) is 3.73. The molecule has 1 heterocycles. The number of amides is 1. The van der Waals surface area contributed by atoms with Crippen LogP contribution >= 0.6 is 0 Å². The van der Waals surface area contributed by atoms with Crippen LogP contribution in [0.1, 0.15) is 65.2 Å². The standard InChI is InChI=1S/C16H31N3O/c1-13(2)18-16(15(17)20)9-7-8-14(12-16)19-10-5-3-4-6-11-19/h13-14,18H,3-12H2,1-2H3,(H2,17,20). The summed E-state index contributed by atoms with van der Waals surface area (Å²) in [5, 5.41) is 3.48. The first-order chi connectivity index (χ1) is 9.53. The molecule has 4 nitrogen and oxygen atoms in total. The molecule has 116 valence electrons. The van der Waals surface area contributed by atoms with Crippen LogP contribution < -0.4 is 11.1 Å². The molecular formula is C16H31N3O. The maximum atomic E-state index is 12.0. The zero-order chi connectivity index (χ0) is 14.6. The van der Waals surface area contributed by atoms with E-state index >= 15 is 0 Å². The van der Waals surface area contributed by atoms with Gasteiger partial charge >= 0.3 is 0 Å². The normalized spacial score (nSPS) is 33.0. The molecule has 1 amide bonds. The Balaban J connectivity index is 2.06. The molecular weight excluding hydrogens is 250 g/mol. The molecule has 1 aliphatic heterocycles. The van der Waals surface area contributed by atoms with E-state index in [4.69, 9.17) is 5.73 Å². The largest absolute Gasteiger partial charge is 0.368 e. The van der Waals surface area contributed by atoms with Gasteiger partial charge in [0.25, 0.3) is 0 Å². The van der Waals surface area contributed by atoms with Crippen LogP contribution in [0.5, 0.6) is 0 Å². The second-order valence-electron chi connectivity index (χ2n) is 6.95. The molecule has 1 saturated heterocycles. The van der Waals surface area contributed by atoms with Crippen molar-refractivity contribution in [3.8, 4) is 0 Å². The van der Waals surface area contributed by atoms with Crippen LogP contribution in [0.4, 0.5) is 0 Å². The Bertz CT molecular complexity index is 324. The quantitative estimate of drug-likeness (QED) is 0.829. The Morgan fingerprint density at radius 2 is 1.85 bits per heavy atom. The van der Waals surface area contributed by atoms with E-state index < -0.39 is 5.54 Å². The zero-order valence-corrected chi connectivity index (χ0v) is 13.2. The van der Waals surface area contributed by atoms with Crippen molar-refractivity contribution in [1.29, 1.82) is 0 Å². The first-order valence-electron chi connectivity index (χ1n) is 8.35. The van der Waals surface area contributed by atoms with Crippen molar-refractivity contribution in [2.24, 2.45) is 5.73 Å². The molecule has 0 aromatic heterocycles. The van der Waals surface area contributed by atoms with Crippen molar-refractivity contribution in [3.05, 3.63) is 0 Å². The second kappa shape index (κ2) is 6.90. The van der Waals surface area contributed by atoms with Crippen molar-refractivity contribution >= 4 is 5.91 Å². The Kier molecular flexibility index (Phi) is 5.44. The lowest BCUT2D eigenvalue weighted by Crippen LogP contribution is -2.62. The minimum Gasteiger partial charge on any atom is -0.368 e. The molecule has 2 aliphatic rings. The van der Waals surface area contributed by atoms with Crippen LogP contribution in [0.15, 0.2) is 0 Å². The fraction of sp³-hybridized carbons (Fsp3) is 0.938. The van der Waals surface area contributed by atoms with Gasteiger partial charge in [-0.05, 0) is 65.5 Å². The fourth-order valence-corrected chi connectivity index (χ4v) is 4.00. The van der Waals surface area contributed by atoms with Crippen LogP contribution in [-0.4, -0.2) is 41.5 Å². The molecule has 2 atom stereocenters. The lowest BCUT2D eigenvalue weighted by Gasteiger charge is -2.44. The van der Waals surface area contributed by atoms with Crippen LogP contribution in [0.2, 0.25) is 0 Å². The average molecular weight is 281 g/mol. The maximum absolute atomic E-state index is 12.0. The molecule has 1 saturated carbocycles. The van der Waals surface area contributed by atoms with Crippen molar-refractivity contribution < 1.29 is 4.79 Å². The summed E-state index contributed by atoms with van der Waals surface area (Å²) in [6, 6.07) is 0.825. The molecule has 0 bridgehead atoms. The molecule has 20 heavy (non-hydrogen) atoms. The maximum Gasteiger partial charge on any atom is 0.237 e. The lowest BCUT2D eigenvalue weighted by molar-refractivity contribution is -0.127. The van der Waals surface area contributed by atoms with Crippen LogP contribution in [-0.2, 0) is 4.79 Å². The molecule has 0 radical (unpaired) electrons. The number of hydrogen-bond donors (Lipinski definition) is 2. The predicted molar refractivity (Wildman–Crippen MR) is 82.5 cm³/mol. The molecule has 0 aromatic rings. The SMILES string of the molecule is CC(C)NC1(C(N)=O)CCCC(N2CCCCCC2)C1. The van der Waals surface area contributed by atoms with Gasteiger partial charge in [-0.3, -0.25) is 4.79 Å². The number of hydrogen-bond acceptors (Lipinski definition) is 3. The van der Waals surface area contributed by atoms with E-state index in [0.717, 1.165) is 19.3 Å². The third-order valence-corrected chi connectivity index (χ3v) is 4.92. The van der Waals surface area contributed by atoms with Crippen LogP contribution in [0.25, 0.3) is 0 Å². The minimum atomic E-state index is -0.483. The van der Waals surface area contributed by atoms with E-state index in [2.05, 4.69) is 24.1 Å². The molecule has 2 rings (SSSR count). The number of rotatable bonds is 4. The molecule has 0 aromatic carbocycles. The van der Waals surface area contributed by atoms with Gasteiger partial charge in [0, 0.05) is 12.1 Å². The van der Waals surface area contributed by atoms with Gasteiger partial charge in [-0.25, -0.2) is 0 Å². The summed E-state index contributed by atoms with van der Waals surface area (Å²) in [5.74, 6) is -0.161. The Morgan fingerprint density at radius 3 is 2.40 bits per heavy atom. The van der Waals surface area contributed by atoms with Gasteiger partial charge in [-0.15, -0.1) is 0 Å². The van der Waals surface area contributed by atoms with Gasteiger partial charge in [-0.1, -0.05) is 12.8 Å². The molecule has 1 aliphatic carbocycles. The third-order valence-electron chi connectivity index (χ3n) is 4.92. The van der Waals surface area contributed by atoms with Crippen molar-refractivity contribution in [2.45, 2.75) is 82.8 Å². The summed E-state index contributed by atoms with van der Waals surface area (Å²) in [5.41, 5.74) is 5.27. The van der Waals surface area contributed by atoms with Crippen LogP contribution in [0.3, 0.4) is 0 Å². The smallest absolute Gasteiger partial charge is 0.237 e. The topological polar surface area (TPSA) is 58.4 Å². The molecule has 0 spiro atoms. The Labute approximate surface area is 123 Å². The molecule has 2 fully saturated rings. The van der Waals surface area contributed by atoms with E-state index in [1.807, 2.05) is 0 Å². The number of nitrogens with two attached hydrogens (primary N) is 1. The summed E-state index contributed by atoms with van der Waals surface area (Å²) < 4.78 is 0. The number of carbonyl (C=O) groups excluding carboxylic acids is 1. The number of likely N-dealkylation sites (tertiary alicyclic amines) is 1. The number of nitrogens with one attached hydrogen (secondary N) is 1. The molecule has 4 heteroatoms. The zero-order valence-electron chi connectivity index (χ0n) is 13.2. The van der Waals surface area contributed by atoms with Gasteiger partial charge in [0.15, 0.2) is 0 Å². The van der Waals surface area contributed by atoms with Crippen LogP contribution in [0, 0.1) is 0 Å². The van der Waals surface area contributed by atoms with E-state index in [9.17, 15) is 4.79 Å². The van der Waals surface area contributed by atoms with Crippen molar-refractivity contribution in [1.82, 2.24) is 10.2 Å². The van der Waals surface area contributed by atoms with Gasteiger partial charge in [0.2, 0.25) is 5.91 Å². The molecule has 2 unspecified atom stereocenters. The van der Waals surface area contributed by atoms with E-state index in [1.54, 1.807) is 0 Å². The highest BCUT2D eigenvalue weighted by Gasteiger charge is 2.43. The number of primary amides is 1. The van der Waals surface area contributed by atoms with Crippen molar-refractivity contribution in [2.75, 3.05) is 13.1 Å². The van der Waals surface area contributed by atoms with Gasteiger partial charge in [-0.2, -0.15) is 0 Å². The first-order valence-corrected chi connectivity index (χ1v) is 8.35. The fourth-order valence-electron chi connectivity index (χ4n) is 4.00. The molecule has 3 N–H and O–H groups in total. The summed E-state index contributed by atoms with van der Waals surface area (Å²) >= 11 is 0. The van der Waals surface area contributed by atoms with Gasteiger partial charge in [0.05, 0.1) is 5.54 Å². The summed E-state index contributed by atoms with van der Waals surface area (Å²) in [7, 11) is 0. The highest BCUT2D eigenvalue weighted by atomic mass is 16.1. The number of nitrogens with zero attached hydrogens (tertiary/aromatic N) is 1. The predicted octanol–water partition coefficient (Wildman–Crippen LogP) is 2.03. The minimum absolute atomic E-state index is 0.161. The monoisotopic (exact) mass is 281 g/mol. The highest BCUT2D eigenvalue weighted by molar-refractivity contribution is 5.85. The summed E-state index contributed by atoms with van der Waals surface area (Å²) in [6.07, 6.45) is 9.42. The second-order valence-corrected chi connectivity index (χ2v) is 6.95. The summed E-state index contributed by atoms with van der Waals surface area (Å²) in [6.45, 7) is 6.59. The number of carbonyl (C=O) groups is 1. The van der Waals surface area contributed by atoms with Crippen molar-refractivity contribution in [3.63, 3.8) is 0 Å². The summed E-state index contributed by atoms with van der Waals surface area (Å²) in [4.78, 5) is 14.7. The Hall–Kier alpha value is -0.610. The van der Waals surface area contributed by atoms with E-state index in [0.29, 0.717) is 12.1 Å². The van der Waals surface area contributed by atoms with E-state index in [1.165, 1.54) is 45.2 Å². The van der Waals surface area contributed by atoms with E-state index in [-0.39, 0.29) is 5.91 Å². The van der Waals surface area contributed by atoms with Gasteiger partial charge < -0.3 is 16.0 Å². The highest BCUT2D eigenvalue weighted by Crippen LogP contribution is 2.32. The first kappa shape index (κ1) is 15.8. The lowest BCUT2D eigenvalue weighted by atomic mass is 9.77. The average Bonchev–Trinajstić information content (AvgIpc) is 2.66. The van der Waals surface area contributed by atoms with Gasteiger partial charge in [0.1, 0.15) is 0 Å².